The molecule has 0 bridgehead atoms. The predicted octanol–water partition coefficient (Wildman–Crippen LogP) is 4.41. The number of hydrazine groups is 1. The van der Waals surface area contributed by atoms with Crippen LogP contribution in [0.25, 0.3) is 0 Å². The Labute approximate surface area is 165 Å². The number of hydrogen-bond donors (Lipinski definition) is 2. The highest BCUT2D eigenvalue weighted by molar-refractivity contribution is 5.96. The van der Waals surface area contributed by atoms with Gasteiger partial charge in [-0.15, -0.1) is 0 Å². The molecule has 0 unspecified atom stereocenters. The third kappa shape index (κ3) is 4.90. The van der Waals surface area contributed by atoms with E-state index in [9.17, 15) is 4.79 Å². The maximum absolute atomic E-state index is 13.2. The minimum Gasteiger partial charge on any atom is -0.492 e. The zero-order chi connectivity index (χ0) is 19.8. The van der Waals surface area contributed by atoms with Crippen molar-refractivity contribution in [2.75, 3.05) is 24.0 Å². The monoisotopic (exact) mass is 375 g/mol. The SMILES string of the molecule is CCOc1ccccc1NC(=O)[C@H](NN(C)c1ccccc1)c1ccccc1. The summed E-state index contributed by atoms with van der Waals surface area (Å²) in [6.07, 6.45) is 0. The van der Waals surface area contributed by atoms with Crippen molar-refractivity contribution < 1.29 is 9.53 Å². The number of nitrogens with one attached hydrogen (secondary N) is 2. The first-order valence-corrected chi connectivity index (χ1v) is 9.31. The van der Waals surface area contributed by atoms with Crippen LogP contribution >= 0.6 is 0 Å². The molecule has 0 aliphatic carbocycles. The largest absolute Gasteiger partial charge is 0.492 e. The number of benzene rings is 3. The highest BCUT2D eigenvalue weighted by atomic mass is 16.5. The molecule has 5 heteroatoms. The van der Waals surface area contributed by atoms with Crippen LogP contribution < -0.4 is 20.5 Å². The van der Waals surface area contributed by atoms with Gasteiger partial charge in [-0.05, 0) is 36.8 Å². The van der Waals surface area contributed by atoms with E-state index in [4.69, 9.17) is 4.74 Å². The minimum absolute atomic E-state index is 0.166. The second-order valence-electron chi connectivity index (χ2n) is 6.29. The quantitative estimate of drug-likeness (QED) is 0.573. The van der Waals surface area contributed by atoms with Crippen LogP contribution in [-0.2, 0) is 4.79 Å². The van der Waals surface area contributed by atoms with Gasteiger partial charge in [-0.25, -0.2) is 5.43 Å². The lowest BCUT2D eigenvalue weighted by Gasteiger charge is -2.27. The van der Waals surface area contributed by atoms with Gasteiger partial charge >= 0.3 is 0 Å². The highest BCUT2D eigenvalue weighted by Gasteiger charge is 2.23. The van der Waals surface area contributed by atoms with E-state index in [1.165, 1.54) is 0 Å². The molecule has 0 spiro atoms. The number of nitrogens with zero attached hydrogens (tertiary/aromatic N) is 1. The van der Waals surface area contributed by atoms with E-state index < -0.39 is 6.04 Å². The normalized spacial score (nSPS) is 11.5. The van der Waals surface area contributed by atoms with Gasteiger partial charge in [-0.3, -0.25) is 4.79 Å². The molecule has 144 valence electrons. The van der Waals surface area contributed by atoms with E-state index in [1.54, 1.807) is 0 Å². The number of ether oxygens (including phenoxy) is 1. The number of hydrogen-bond acceptors (Lipinski definition) is 4. The van der Waals surface area contributed by atoms with Crippen molar-refractivity contribution >= 4 is 17.3 Å². The summed E-state index contributed by atoms with van der Waals surface area (Å²) in [4.78, 5) is 13.2. The van der Waals surface area contributed by atoms with Crippen LogP contribution in [0.5, 0.6) is 5.75 Å². The average Bonchev–Trinajstić information content (AvgIpc) is 2.74. The summed E-state index contributed by atoms with van der Waals surface area (Å²) in [5.41, 5.74) is 5.79. The Bertz CT molecular complexity index is 885. The van der Waals surface area contributed by atoms with E-state index in [2.05, 4.69) is 10.7 Å². The highest BCUT2D eigenvalue weighted by Crippen LogP contribution is 2.26. The van der Waals surface area contributed by atoms with Gasteiger partial charge in [0.2, 0.25) is 5.91 Å². The van der Waals surface area contributed by atoms with Crippen LogP contribution in [-0.4, -0.2) is 19.6 Å². The van der Waals surface area contributed by atoms with Crippen molar-refractivity contribution in [2.24, 2.45) is 0 Å². The number of anilines is 2. The number of carbonyl (C=O) groups excluding carboxylic acids is 1. The first kappa shape index (κ1) is 19.5. The molecule has 2 N–H and O–H groups in total. The first-order chi connectivity index (χ1) is 13.7. The number of amides is 1. The van der Waals surface area contributed by atoms with Crippen LogP contribution in [0.2, 0.25) is 0 Å². The maximum atomic E-state index is 13.2. The first-order valence-electron chi connectivity index (χ1n) is 9.31. The zero-order valence-electron chi connectivity index (χ0n) is 16.1. The lowest BCUT2D eigenvalue weighted by Crippen LogP contribution is -2.43. The molecule has 0 radical (unpaired) electrons. The topological polar surface area (TPSA) is 53.6 Å². The van der Waals surface area contributed by atoms with E-state index in [1.807, 2.05) is 104 Å². The summed E-state index contributed by atoms with van der Waals surface area (Å²) in [6, 6.07) is 26.4. The van der Waals surface area contributed by atoms with Gasteiger partial charge in [0.15, 0.2) is 0 Å². The van der Waals surface area contributed by atoms with E-state index in [0.717, 1.165) is 11.3 Å². The Morgan fingerprint density at radius 2 is 1.54 bits per heavy atom. The van der Waals surface area contributed by atoms with Gasteiger partial charge < -0.3 is 15.1 Å². The molecular formula is C23H25N3O2. The van der Waals surface area contributed by atoms with Crippen LogP contribution in [0.15, 0.2) is 84.9 Å². The third-order valence-corrected chi connectivity index (χ3v) is 4.31. The molecule has 3 rings (SSSR count). The fourth-order valence-electron chi connectivity index (χ4n) is 2.91. The second-order valence-corrected chi connectivity index (χ2v) is 6.29. The Kier molecular flexibility index (Phi) is 6.65. The fourth-order valence-corrected chi connectivity index (χ4v) is 2.91. The zero-order valence-corrected chi connectivity index (χ0v) is 16.1. The number of carbonyl (C=O) groups is 1. The molecular weight excluding hydrogens is 350 g/mol. The van der Waals surface area contributed by atoms with Gasteiger partial charge in [0, 0.05) is 7.05 Å². The molecule has 0 heterocycles. The van der Waals surface area contributed by atoms with Crippen molar-refractivity contribution in [1.29, 1.82) is 0 Å². The second kappa shape index (κ2) is 9.58. The molecule has 5 nitrogen and oxygen atoms in total. The Hall–Kier alpha value is -3.31. The lowest BCUT2D eigenvalue weighted by molar-refractivity contribution is -0.118. The fraction of sp³-hybridized carbons (Fsp3) is 0.174. The predicted molar refractivity (Wildman–Crippen MR) is 113 cm³/mol. The van der Waals surface area contributed by atoms with E-state index in [0.29, 0.717) is 18.0 Å². The summed E-state index contributed by atoms with van der Waals surface area (Å²) in [5.74, 6) is 0.489. The Morgan fingerprint density at radius 1 is 0.929 bits per heavy atom. The van der Waals surface area contributed by atoms with E-state index in [-0.39, 0.29) is 5.91 Å². The molecule has 0 saturated heterocycles. The molecule has 3 aromatic rings. The summed E-state index contributed by atoms with van der Waals surface area (Å²) < 4.78 is 5.63. The molecule has 28 heavy (non-hydrogen) atoms. The molecule has 0 aliphatic heterocycles. The average molecular weight is 375 g/mol. The summed E-state index contributed by atoms with van der Waals surface area (Å²) in [7, 11) is 1.90. The van der Waals surface area contributed by atoms with Crippen molar-refractivity contribution in [2.45, 2.75) is 13.0 Å². The third-order valence-electron chi connectivity index (χ3n) is 4.31. The van der Waals surface area contributed by atoms with Gasteiger partial charge in [-0.1, -0.05) is 60.7 Å². The molecule has 0 fully saturated rings. The van der Waals surface area contributed by atoms with Gasteiger partial charge in [0.1, 0.15) is 11.8 Å². The standard InChI is InChI=1S/C23H25N3O2/c1-3-28-21-17-11-10-16-20(21)24-23(27)22(18-12-6-4-7-13-18)25-26(2)19-14-8-5-9-15-19/h4-17,22,25H,3H2,1-2H3,(H,24,27)/t22-/m1/s1. The van der Waals surface area contributed by atoms with Gasteiger partial charge in [0.25, 0.3) is 0 Å². The molecule has 0 aliphatic rings. The van der Waals surface area contributed by atoms with Crippen LogP contribution in [0.4, 0.5) is 11.4 Å². The summed E-state index contributed by atoms with van der Waals surface area (Å²) in [5, 5.41) is 4.85. The van der Waals surface area contributed by atoms with E-state index >= 15 is 0 Å². The summed E-state index contributed by atoms with van der Waals surface area (Å²) >= 11 is 0. The smallest absolute Gasteiger partial charge is 0.247 e. The molecule has 0 aromatic heterocycles. The maximum Gasteiger partial charge on any atom is 0.247 e. The summed E-state index contributed by atoms with van der Waals surface area (Å²) in [6.45, 7) is 2.45. The van der Waals surface area contributed by atoms with Crippen LogP contribution in [0.1, 0.15) is 18.5 Å². The Morgan fingerprint density at radius 3 is 2.21 bits per heavy atom. The van der Waals surface area contributed by atoms with Gasteiger partial charge in [-0.2, -0.15) is 0 Å². The Balaban J connectivity index is 1.84. The van der Waals surface area contributed by atoms with Crippen LogP contribution in [0, 0.1) is 0 Å². The lowest BCUT2D eigenvalue weighted by atomic mass is 10.1. The van der Waals surface area contributed by atoms with Crippen molar-refractivity contribution in [3.63, 3.8) is 0 Å². The number of para-hydroxylation sites is 3. The van der Waals surface area contributed by atoms with Crippen molar-refractivity contribution in [3.8, 4) is 5.75 Å². The van der Waals surface area contributed by atoms with Crippen molar-refractivity contribution in [1.82, 2.24) is 5.43 Å². The van der Waals surface area contributed by atoms with Gasteiger partial charge in [0.05, 0.1) is 18.0 Å². The molecule has 1 amide bonds. The molecule has 1 atom stereocenters. The molecule has 3 aromatic carbocycles. The minimum atomic E-state index is -0.568. The van der Waals surface area contributed by atoms with Crippen LogP contribution in [0.3, 0.4) is 0 Å². The number of rotatable bonds is 8. The molecule has 0 saturated carbocycles. The van der Waals surface area contributed by atoms with Crippen molar-refractivity contribution in [3.05, 3.63) is 90.5 Å².